The lowest BCUT2D eigenvalue weighted by molar-refractivity contribution is 0.198. The van der Waals surface area contributed by atoms with Gasteiger partial charge in [-0.3, -0.25) is 10.00 Å². The van der Waals surface area contributed by atoms with E-state index in [1.54, 1.807) is 0 Å². The highest BCUT2D eigenvalue weighted by Crippen LogP contribution is 2.34. The molecule has 1 fully saturated rings. The molecule has 0 bridgehead atoms. The average Bonchev–Trinajstić information content (AvgIpc) is 3.21. The summed E-state index contributed by atoms with van der Waals surface area (Å²) >= 11 is 12.4. The van der Waals surface area contributed by atoms with Crippen LogP contribution in [0.3, 0.4) is 0 Å². The van der Waals surface area contributed by atoms with Crippen molar-refractivity contribution in [1.82, 2.24) is 20.4 Å². The summed E-state index contributed by atoms with van der Waals surface area (Å²) in [4.78, 5) is 2.49. The van der Waals surface area contributed by atoms with Crippen molar-refractivity contribution in [3.63, 3.8) is 0 Å². The minimum absolute atomic E-state index is 0.158. The van der Waals surface area contributed by atoms with Gasteiger partial charge in [-0.2, -0.15) is 5.10 Å². The first-order valence-electron chi connectivity index (χ1n) is 8.71. The molecule has 1 atom stereocenters. The summed E-state index contributed by atoms with van der Waals surface area (Å²) in [5, 5.41) is 11.5. The SMILES string of the molecule is Clc1ccc(C(c2ccc(-c3cn[nH]c3)cc2)N2CCNCC2)cc1Cl. The van der Waals surface area contributed by atoms with Crippen LogP contribution in [0, 0.1) is 0 Å². The molecule has 4 rings (SSSR count). The fourth-order valence-corrected chi connectivity index (χ4v) is 3.81. The Morgan fingerprint density at radius 2 is 1.62 bits per heavy atom. The zero-order valence-corrected chi connectivity index (χ0v) is 15.8. The summed E-state index contributed by atoms with van der Waals surface area (Å²) in [6.45, 7) is 3.97. The Morgan fingerprint density at radius 1 is 0.885 bits per heavy atom. The van der Waals surface area contributed by atoms with Crippen LogP contribution in [0.2, 0.25) is 10.0 Å². The first-order chi connectivity index (χ1) is 12.7. The summed E-state index contributed by atoms with van der Waals surface area (Å²) in [5.41, 5.74) is 4.65. The minimum Gasteiger partial charge on any atom is -0.314 e. The molecule has 1 aromatic heterocycles. The Balaban J connectivity index is 1.71. The van der Waals surface area contributed by atoms with Crippen molar-refractivity contribution < 1.29 is 0 Å². The topological polar surface area (TPSA) is 44.0 Å². The molecule has 0 radical (unpaired) electrons. The van der Waals surface area contributed by atoms with Gasteiger partial charge in [0.15, 0.2) is 0 Å². The molecular formula is C20H20Cl2N4. The number of aromatic nitrogens is 2. The first-order valence-corrected chi connectivity index (χ1v) is 9.47. The Kier molecular flexibility index (Phi) is 5.27. The zero-order valence-electron chi connectivity index (χ0n) is 14.3. The van der Waals surface area contributed by atoms with Crippen LogP contribution in [0.15, 0.2) is 54.9 Å². The van der Waals surface area contributed by atoms with Crippen LogP contribution >= 0.6 is 23.2 Å². The molecule has 0 aliphatic carbocycles. The third-order valence-corrected chi connectivity index (χ3v) is 5.57. The van der Waals surface area contributed by atoms with Crippen LogP contribution in [-0.4, -0.2) is 41.3 Å². The van der Waals surface area contributed by atoms with Gasteiger partial charge in [-0.15, -0.1) is 0 Å². The molecule has 3 aromatic rings. The Bertz CT molecular complexity index is 856. The molecule has 0 saturated carbocycles. The van der Waals surface area contributed by atoms with Gasteiger partial charge in [0.25, 0.3) is 0 Å². The number of benzene rings is 2. The van der Waals surface area contributed by atoms with Crippen molar-refractivity contribution in [3.8, 4) is 11.1 Å². The van der Waals surface area contributed by atoms with Crippen LogP contribution < -0.4 is 5.32 Å². The number of piperazine rings is 1. The highest BCUT2D eigenvalue weighted by atomic mass is 35.5. The van der Waals surface area contributed by atoms with E-state index in [2.05, 4.69) is 50.7 Å². The number of halogens is 2. The molecule has 1 unspecified atom stereocenters. The van der Waals surface area contributed by atoms with Crippen molar-refractivity contribution in [1.29, 1.82) is 0 Å². The van der Waals surface area contributed by atoms with Crippen LogP contribution in [0.25, 0.3) is 11.1 Å². The maximum atomic E-state index is 6.30. The number of hydrogen-bond donors (Lipinski definition) is 2. The van der Waals surface area contributed by atoms with E-state index in [0.717, 1.165) is 42.9 Å². The normalized spacial score (nSPS) is 16.5. The molecule has 134 valence electrons. The summed E-state index contributed by atoms with van der Waals surface area (Å²) in [7, 11) is 0. The standard InChI is InChI=1S/C20H20Cl2N4/c21-18-6-5-16(11-19(18)22)20(26-9-7-23-8-10-26)15-3-1-14(2-4-15)17-12-24-25-13-17/h1-6,11-13,20,23H,7-10H2,(H,24,25). The van der Waals surface area contributed by atoms with Crippen LogP contribution in [-0.2, 0) is 0 Å². The predicted molar refractivity (Wildman–Crippen MR) is 107 cm³/mol. The van der Waals surface area contributed by atoms with E-state index in [4.69, 9.17) is 23.2 Å². The van der Waals surface area contributed by atoms with Crippen molar-refractivity contribution in [2.24, 2.45) is 0 Å². The van der Waals surface area contributed by atoms with Crippen LogP contribution in [0.1, 0.15) is 17.2 Å². The molecule has 1 aliphatic heterocycles. The highest BCUT2D eigenvalue weighted by Gasteiger charge is 2.24. The molecule has 6 heteroatoms. The van der Waals surface area contributed by atoms with Gasteiger partial charge in [0, 0.05) is 37.9 Å². The summed E-state index contributed by atoms with van der Waals surface area (Å²) in [5.74, 6) is 0. The lowest BCUT2D eigenvalue weighted by atomic mass is 9.95. The third kappa shape index (κ3) is 3.64. The Hall–Kier alpha value is -1.85. The lowest BCUT2D eigenvalue weighted by Crippen LogP contribution is -2.45. The van der Waals surface area contributed by atoms with Gasteiger partial charge in [0.05, 0.1) is 22.3 Å². The molecule has 2 N–H and O–H groups in total. The predicted octanol–water partition coefficient (Wildman–Crippen LogP) is 4.38. The molecular weight excluding hydrogens is 367 g/mol. The molecule has 2 heterocycles. The summed E-state index contributed by atoms with van der Waals surface area (Å²) in [6.07, 6.45) is 3.74. The van der Waals surface area contributed by atoms with Gasteiger partial charge < -0.3 is 5.32 Å². The Morgan fingerprint density at radius 3 is 2.27 bits per heavy atom. The van der Waals surface area contributed by atoms with Crippen molar-refractivity contribution >= 4 is 23.2 Å². The van der Waals surface area contributed by atoms with Crippen molar-refractivity contribution in [2.75, 3.05) is 26.2 Å². The van der Waals surface area contributed by atoms with E-state index >= 15 is 0 Å². The van der Waals surface area contributed by atoms with Crippen molar-refractivity contribution in [2.45, 2.75) is 6.04 Å². The molecule has 26 heavy (non-hydrogen) atoms. The number of nitrogens with one attached hydrogen (secondary N) is 2. The molecule has 4 nitrogen and oxygen atoms in total. The van der Waals surface area contributed by atoms with E-state index < -0.39 is 0 Å². The van der Waals surface area contributed by atoms with Crippen LogP contribution in [0.5, 0.6) is 0 Å². The molecule has 1 aliphatic rings. The van der Waals surface area contributed by atoms with E-state index in [-0.39, 0.29) is 6.04 Å². The summed E-state index contributed by atoms with van der Waals surface area (Å²) in [6, 6.07) is 14.8. The average molecular weight is 387 g/mol. The monoisotopic (exact) mass is 386 g/mol. The van der Waals surface area contributed by atoms with E-state index in [0.29, 0.717) is 10.0 Å². The molecule has 0 spiro atoms. The van der Waals surface area contributed by atoms with Gasteiger partial charge in [0.1, 0.15) is 0 Å². The quantitative estimate of drug-likeness (QED) is 0.699. The second-order valence-corrected chi connectivity index (χ2v) is 7.29. The molecule has 1 saturated heterocycles. The van der Waals surface area contributed by atoms with Crippen LogP contribution in [0.4, 0.5) is 0 Å². The number of aromatic amines is 1. The second-order valence-electron chi connectivity index (χ2n) is 6.47. The van der Waals surface area contributed by atoms with Gasteiger partial charge in [-0.05, 0) is 28.8 Å². The van der Waals surface area contributed by atoms with E-state index in [1.165, 1.54) is 5.56 Å². The zero-order chi connectivity index (χ0) is 17.9. The smallest absolute Gasteiger partial charge is 0.0603 e. The van der Waals surface area contributed by atoms with E-state index in [1.807, 2.05) is 24.5 Å². The highest BCUT2D eigenvalue weighted by molar-refractivity contribution is 6.42. The molecule has 2 aromatic carbocycles. The number of H-pyrrole nitrogens is 1. The van der Waals surface area contributed by atoms with Gasteiger partial charge in [-0.1, -0.05) is 53.5 Å². The summed E-state index contributed by atoms with van der Waals surface area (Å²) < 4.78 is 0. The van der Waals surface area contributed by atoms with Gasteiger partial charge in [-0.25, -0.2) is 0 Å². The fourth-order valence-electron chi connectivity index (χ4n) is 3.50. The molecule has 0 amide bonds. The lowest BCUT2D eigenvalue weighted by Gasteiger charge is -2.35. The fraction of sp³-hybridized carbons (Fsp3) is 0.250. The maximum absolute atomic E-state index is 6.30. The number of hydrogen-bond acceptors (Lipinski definition) is 3. The first kappa shape index (κ1) is 17.6. The van der Waals surface area contributed by atoms with E-state index in [9.17, 15) is 0 Å². The second kappa shape index (κ2) is 7.80. The third-order valence-electron chi connectivity index (χ3n) is 4.83. The maximum Gasteiger partial charge on any atom is 0.0603 e. The Labute approximate surface area is 163 Å². The number of nitrogens with zero attached hydrogens (tertiary/aromatic N) is 2. The van der Waals surface area contributed by atoms with Gasteiger partial charge >= 0.3 is 0 Å². The number of rotatable bonds is 4. The minimum atomic E-state index is 0.158. The van der Waals surface area contributed by atoms with Crippen molar-refractivity contribution in [3.05, 3.63) is 76.0 Å². The largest absolute Gasteiger partial charge is 0.314 e. The van der Waals surface area contributed by atoms with Gasteiger partial charge in [0.2, 0.25) is 0 Å².